The highest BCUT2D eigenvalue weighted by Crippen LogP contribution is 2.15. The van der Waals surface area contributed by atoms with Crippen molar-refractivity contribution in [1.29, 1.82) is 0 Å². The molecule has 0 saturated heterocycles. The van der Waals surface area contributed by atoms with Crippen molar-refractivity contribution in [3.05, 3.63) is 109 Å². The number of allylic oxidation sites excluding steroid dienone is 18. The van der Waals surface area contributed by atoms with Gasteiger partial charge < -0.3 is 14.2 Å². The Morgan fingerprint density at radius 3 is 1.07 bits per heavy atom. The molecule has 1 unspecified atom stereocenters. The van der Waals surface area contributed by atoms with E-state index in [0.29, 0.717) is 19.3 Å². The van der Waals surface area contributed by atoms with Crippen LogP contribution in [0, 0.1) is 0 Å². The van der Waals surface area contributed by atoms with Gasteiger partial charge in [-0.05, 0) is 96.3 Å². The molecule has 0 saturated carbocycles. The van der Waals surface area contributed by atoms with Crippen molar-refractivity contribution in [2.24, 2.45) is 0 Å². The Bertz CT molecular complexity index is 1440. The molecule has 0 aromatic carbocycles. The van der Waals surface area contributed by atoms with Gasteiger partial charge in [0.1, 0.15) is 13.2 Å². The van der Waals surface area contributed by atoms with Gasteiger partial charge in [-0.2, -0.15) is 0 Å². The highest BCUT2D eigenvalue weighted by atomic mass is 16.6. The van der Waals surface area contributed by atoms with Crippen molar-refractivity contribution in [2.75, 3.05) is 13.2 Å². The first-order valence-corrected chi connectivity index (χ1v) is 29.0. The van der Waals surface area contributed by atoms with Crippen LogP contribution in [0.15, 0.2) is 109 Å². The standard InChI is InChI=1S/C64H106O6/c1-4-7-10-13-16-19-22-25-28-31-33-36-39-42-45-48-51-54-57-63(66)69-60-61(59-68-62(65)56-53-50-47-44-41-38-35-30-27-24-21-18-15-12-9-6-3)70-64(67)58-55-52-49-46-43-40-37-34-32-29-26-23-20-17-14-11-8-5-2/h9-10,12-13,16,18-19,21-22,25,27-28,30-31,33-34,36-37,61H,4-8,11,14-15,17,20,23-24,26,29,32,35,38-60H2,1-3H3/b12-9-,13-10-,19-16-,21-18-,25-22-,30-27-,31-28-,36-33-,37-34-. The summed E-state index contributed by atoms with van der Waals surface area (Å²) in [6, 6.07) is 0. The molecule has 6 heteroatoms. The quantitative estimate of drug-likeness (QED) is 0.0199. The van der Waals surface area contributed by atoms with Gasteiger partial charge >= 0.3 is 17.9 Å². The van der Waals surface area contributed by atoms with Gasteiger partial charge in [-0.15, -0.1) is 0 Å². The van der Waals surface area contributed by atoms with Crippen LogP contribution in [0.2, 0.25) is 0 Å². The molecule has 0 aliphatic carbocycles. The third-order valence-corrected chi connectivity index (χ3v) is 12.1. The van der Waals surface area contributed by atoms with E-state index >= 15 is 0 Å². The zero-order chi connectivity index (χ0) is 50.7. The number of hydrogen-bond donors (Lipinski definition) is 0. The van der Waals surface area contributed by atoms with E-state index < -0.39 is 6.10 Å². The van der Waals surface area contributed by atoms with E-state index in [2.05, 4.69) is 106 Å². The lowest BCUT2D eigenvalue weighted by molar-refractivity contribution is -0.167. The summed E-state index contributed by atoms with van der Waals surface area (Å²) in [4.78, 5) is 38.2. The minimum Gasteiger partial charge on any atom is -0.462 e. The number of hydrogen-bond acceptors (Lipinski definition) is 6. The third kappa shape index (κ3) is 55.0. The molecule has 0 heterocycles. The lowest BCUT2D eigenvalue weighted by Gasteiger charge is -2.18. The van der Waals surface area contributed by atoms with Crippen LogP contribution in [0.1, 0.15) is 258 Å². The summed E-state index contributed by atoms with van der Waals surface area (Å²) in [5.41, 5.74) is 0. The largest absolute Gasteiger partial charge is 0.462 e. The summed E-state index contributed by atoms with van der Waals surface area (Å²) in [5.74, 6) is -0.942. The van der Waals surface area contributed by atoms with Crippen LogP contribution < -0.4 is 0 Å². The van der Waals surface area contributed by atoms with E-state index in [1.54, 1.807) is 0 Å². The second kappa shape index (κ2) is 57.6. The lowest BCUT2D eigenvalue weighted by atomic mass is 10.1. The van der Waals surface area contributed by atoms with Crippen molar-refractivity contribution < 1.29 is 28.6 Å². The van der Waals surface area contributed by atoms with Gasteiger partial charge in [0, 0.05) is 19.3 Å². The number of ether oxygens (including phenoxy) is 3. The van der Waals surface area contributed by atoms with Crippen molar-refractivity contribution in [2.45, 2.75) is 264 Å². The molecule has 0 aliphatic rings. The van der Waals surface area contributed by atoms with Gasteiger partial charge in [0.25, 0.3) is 0 Å². The molecule has 0 fully saturated rings. The summed E-state index contributed by atoms with van der Waals surface area (Å²) in [6.45, 7) is 6.41. The van der Waals surface area contributed by atoms with Crippen LogP contribution in [0.4, 0.5) is 0 Å². The van der Waals surface area contributed by atoms with E-state index in [4.69, 9.17) is 14.2 Å². The highest BCUT2D eigenvalue weighted by Gasteiger charge is 2.19. The minimum atomic E-state index is -0.802. The molecule has 0 spiro atoms. The smallest absolute Gasteiger partial charge is 0.306 e. The summed E-state index contributed by atoms with van der Waals surface area (Å²) < 4.78 is 16.8. The molecular weight excluding hydrogens is 865 g/mol. The van der Waals surface area contributed by atoms with E-state index in [-0.39, 0.29) is 31.1 Å². The molecule has 0 amide bonds. The van der Waals surface area contributed by atoms with Crippen LogP contribution in [0.25, 0.3) is 0 Å². The van der Waals surface area contributed by atoms with Gasteiger partial charge in [0.05, 0.1) is 0 Å². The Hall–Kier alpha value is -3.93. The summed E-state index contributed by atoms with van der Waals surface area (Å²) in [6.07, 6.45) is 77.8. The average molecular weight is 972 g/mol. The Kier molecular flexibility index (Phi) is 54.4. The molecule has 0 bridgehead atoms. The number of carbonyl (C=O) groups excluding carboxylic acids is 3. The molecule has 0 aromatic heterocycles. The third-order valence-electron chi connectivity index (χ3n) is 12.1. The van der Waals surface area contributed by atoms with E-state index in [1.807, 2.05) is 24.3 Å². The predicted octanol–water partition coefficient (Wildman–Crippen LogP) is 19.5. The maximum atomic E-state index is 12.9. The zero-order valence-electron chi connectivity index (χ0n) is 45.5. The summed E-state index contributed by atoms with van der Waals surface area (Å²) in [7, 11) is 0. The molecule has 0 aliphatic heterocycles. The van der Waals surface area contributed by atoms with Crippen LogP contribution in [-0.2, 0) is 28.6 Å². The van der Waals surface area contributed by atoms with Crippen molar-refractivity contribution in [1.82, 2.24) is 0 Å². The first-order chi connectivity index (χ1) is 34.5. The van der Waals surface area contributed by atoms with Crippen LogP contribution in [-0.4, -0.2) is 37.2 Å². The highest BCUT2D eigenvalue weighted by molar-refractivity contribution is 5.71. The van der Waals surface area contributed by atoms with E-state index in [0.717, 1.165) is 128 Å². The fourth-order valence-corrected chi connectivity index (χ4v) is 7.78. The van der Waals surface area contributed by atoms with Crippen molar-refractivity contribution >= 4 is 17.9 Å². The van der Waals surface area contributed by atoms with Gasteiger partial charge in [0.2, 0.25) is 0 Å². The molecule has 0 radical (unpaired) electrons. The van der Waals surface area contributed by atoms with Gasteiger partial charge in [-0.1, -0.05) is 252 Å². The van der Waals surface area contributed by atoms with Crippen LogP contribution >= 0.6 is 0 Å². The van der Waals surface area contributed by atoms with E-state index in [1.165, 1.54) is 89.9 Å². The Morgan fingerprint density at radius 1 is 0.314 bits per heavy atom. The first-order valence-electron chi connectivity index (χ1n) is 29.0. The van der Waals surface area contributed by atoms with Crippen LogP contribution in [0.5, 0.6) is 0 Å². The fraction of sp³-hybridized carbons (Fsp3) is 0.672. The fourth-order valence-electron chi connectivity index (χ4n) is 7.78. The van der Waals surface area contributed by atoms with Crippen LogP contribution in [0.3, 0.4) is 0 Å². The molecule has 0 N–H and O–H groups in total. The zero-order valence-corrected chi connectivity index (χ0v) is 45.5. The molecule has 398 valence electrons. The average Bonchev–Trinajstić information content (AvgIpc) is 3.36. The molecule has 0 rings (SSSR count). The molecule has 1 atom stereocenters. The minimum absolute atomic E-state index is 0.0982. The first kappa shape index (κ1) is 66.1. The lowest BCUT2D eigenvalue weighted by Crippen LogP contribution is -2.30. The second-order valence-electron chi connectivity index (χ2n) is 18.9. The molecular formula is C64H106O6. The van der Waals surface area contributed by atoms with Gasteiger partial charge in [0.15, 0.2) is 6.10 Å². The Balaban J connectivity index is 4.48. The number of unbranched alkanes of at least 4 members (excludes halogenated alkanes) is 26. The Morgan fingerprint density at radius 2 is 0.643 bits per heavy atom. The number of rotatable bonds is 51. The van der Waals surface area contributed by atoms with Gasteiger partial charge in [-0.25, -0.2) is 0 Å². The second-order valence-corrected chi connectivity index (χ2v) is 18.9. The summed E-state index contributed by atoms with van der Waals surface area (Å²) >= 11 is 0. The van der Waals surface area contributed by atoms with Crippen molar-refractivity contribution in [3.63, 3.8) is 0 Å². The van der Waals surface area contributed by atoms with E-state index in [9.17, 15) is 14.4 Å². The SMILES string of the molecule is CC/C=C\C/C=C\C/C=C\CCCCCCCCC(=O)OCC(COC(=O)CCCCCCC\C=C/C=C\C=C/C=C\C=C/CCC)OC(=O)CCCCCCC/C=C\CCCCCCCCCCC. The maximum Gasteiger partial charge on any atom is 0.306 e. The van der Waals surface area contributed by atoms with Gasteiger partial charge in [-0.3, -0.25) is 14.4 Å². The monoisotopic (exact) mass is 971 g/mol. The Labute approximate surface area is 431 Å². The molecule has 6 nitrogen and oxygen atoms in total. The normalized spacial score (nSPS) is 12.9. The molecule has 0 aromatic rings. The number of esters is 3. The number of carbonyl (C=O) groups is 3. The molecule has 70 heavy (non-hydrogen) atoms. The van der Waals surface area contributed by atoms with Crippen molar-refractivity contribution in [3.8, 4) is 0 Å². The summed E-state index contributed by atoms with van der Waals surface area (Å²) in [5, 5.41) is 0. The predicted molar refractivity (Wildman–Crippen MR) is 302 cm³/mol. The maximum absolute atomic E-state index is 12.9. The topological polar surface area (TPSA) is 78.9 Å².